The quantitative estimate of drug-likeness (QED) is 0.0472. The number of aryl methyl sites for hydroxylation is 3. The van der Waals surface area contributed by atoms with Gasteiger partial charge in [-0.2, -0.15) is 7.11 Å². The van der Waals surface area contributed by atoms with Crippen LogP contribution in [-0.4, -0.2) is 130 Å². The number of fused-ring (bicyclic) bond motifs is 3. The van der Waals surface area contributed by atoms with Crippen LogP contribution < -0.4 is 67.3 Å². The number of anilines is 3. The van der Waals surface area contributed by atoms with E-state index in [1.165, 1.54) is 96.4 Å². The third-order valence-corrected chi connectivity index (χ3v) is 29.3. The van der Waals surface area contributed by atoms with Crippen LogP contribution in [0.3, 0.4) is 0 Å². The number of methoxy groups -OCH3 is 2. The van der Waals surface area contributed by atoms with Gasteiger partial charge in [-0.25, -0.2) is 99.5 Å². The summed E-state index contributed by atoms with van der Waals surface area (Å²) in [5.41, 5.74) is -5.35. The minimum Gasteiger partial charge on any atom is -0.857 e. The van der Waals surface area contributed by atoms with Gasteiger partial charge in [-0.05, 0) is 116 Å². The molecule has 620 valence electrons. The molecule has 24 nitrogen and oxygen atoms in total. The number of aromatic nitrogens is 9. The summed E-state index contributed by atoms with van der Waals surface area (Å²) >= 11 is 0. The normalized spacial score (nSPS) is 24.0. The molecule has 38 heteroatoms. The Morgan fingerprint density at radius 2 is 0.690 bits per heavy atom. The molecule has 0 bridgehead atoms. The maximum atomic E-state index is 16.2. The molecule has 3 aliphatic heterocycles. The number of nitrogens with one attached hydrogen (secondary N) is 3. The van der Waals surface area contributed by atoms with Gasteiger partial charge in [0.2, 0.25) is 0 Å². The molecule has 3 aromatic carbocycles. The molecule has 3 atom stereocenters. The zero-order valence-electron chi connectivity index (χ0n) is 65.6. The first-order valence-corrected chi connectivity index (χ1v) is 43.1. The molecule has 6 aliphatic rings. The Kier molecular flexibility index (Phi) is 27.5. The number of halogens is 10. The Labute approximate surface area is 686 Å². The fourth-order valence-electron chi connectivity index (χ4n) is 14.9. The molecule has 0 radical (unpaired) electrons. The molecular weight excluding hydrogens is 1600 g/mol. The second-order valence-corrected chi connectivity index (χ2v) is 37.5. The van der Waals surface area contributed by atoms with Crippen LogP contribution >= 0.6 is 0 Å². The van der Waals surface area contributed by atoms with Gasteiger partial charge in [-0.3, -0.25) is 28.1 Å². The van der Waals surface area contributed by atoms with Gasteiger partial charge in [0, 0.05) is 116 Å². The van der Waals surface area contributed by atoms with Gasteiger partial charge in [0.25, 0.3) is 36.0 Å². The molecule has 3 aliphatic carbocycles. The Hall–Kier alpha value is -8.04. The van der Waals surface area contributed by atoms with Crippen molar-refractivity contribution < 1.29 is 101 Å². The zero-order chi connectivity index (χ0) is 83.0. The zero-order valence-corrected chi connectivity index (χ0v) is 70.1. The van der Waals surface area contributed by atoms with E-state index in [1.807, 2.05) is 0 Å². The van der Waals surface area contributed by atoms with E-state index in [9.17, 15) is 66.5 Å². The molecule has 3 N–H and O–H groups in total. The average Bonchev–Trinajstić information content (AvgIpc) is 1.16. The molecule has 0 unspecified atom stereocenters. The summed E-state index contributed by atoms with van der Waals surface area (Å²) in [7, 11) is 1.32. The van der Waals surface area contributed by atoms with E-state index >= 15 is 4.39 Å². The number of alkyl halides is 7. The largest absolute Gasteiger partial charge is 1.00 e. The predicted octanol–water partition coefficient (Wildman–Crippen LogP) is 10.8. The topological polar surface area (TPSA) is 309 Å². The van der Waals surface area contributed by atoms with Gasteiger partial charge in [-0.1, -0.05) is 54.6 Å². The van der Waals surface area contributed by atoms with E-state index in [4.69, 9.17) is 14.6 Å². The van der Waals surface area contributed by atoms with Crippen molar-refractivity contribution in [2.75, 3.05) is 71.8 Å². The first-order valence-electron chi connectivity index (χ1n) is 37.6. The maximum absolute atomic E-state index is 16.2. The summed E-state index contributed by atoms with van der Waals surface area (Å²) < 4.78 is 209. The van der Waals surface area contributed by atoms with Crippen molar-refractivity contribution >= 4 is 79.7 Å². The summed E-state index contributed by atoms with van der Waals surface area (Å²) in [6, 6.07) is 14.5. The van der Waals surface area contributed by atoms with E-state index < -0.39 is 123 Å². The average molecular weight is 1690 g/mol. The van der Waals surface area contributed by atoms with Crippen molar-refractivity contribution in [1.82, 2.24) is 43.6 Å². The van der Waals surface area contributed by atoms with Gasteiger partial charge >= 0.3 is 29.6 Å². The third-order valence-electron chi connectivity index (χ3n) is 22.2. The smallest absolute Gasteiger partial charge is 0.857 e. The van der Waals surface area contributed by atoms with Crippen molar-refractivity contribution in [3.63, 3.8) is 0 Å². The van der Waals surface area contributed by atoms with Crippen LogP contribution in [0, 0.1) is 17.5 Å². The molecule has 116 heavy (non-hydrogen) atoms. The van der Waals surface area contributed by atoms with Gasteiger partial charge in [0.05, 0.1) is 97.0 Å². The first kappa shape index (κ1) is 88.8. The van der Waals surface area contributed by atoms with E-state index in [0.29, 0.717) is 98.9 Å². The van der Waals surface area contributed by atoms with Gasteiger partial charge < -0.3 is 30.5 Å². The van der Waals surface area contributed by atoms with Gasteiger partial charge in [-0.15, -0.1) is 0 Å². The molecule has 0 spiro atoms. The van der Waals surface area contributed by atoms with Crippen LogP contribution in [0.4, 0.5) is 61.4 Å². The molecule has 9 heterocycles. The van der Waals surface area contributed by atoms with Crippen LogP contribution in [0.1, 0.15) is 185 Å². The third kappa shape index (κ3) is 18.7. The van der Waals surface area contributed by atoms with Crippen molar-refractivity contribution in [2.45, 2.75) is 170 Å². The number of pyridine rings is 3. The van der Waals surface area contributed by atoms with E-state index in [2.05, 4.69) is 58.9 Å². The van der Waals surface area contributed by atoms with Crippen molar-refractivity contribution in [1.29, 1.82) is 0 Å². The molecule has 3 saturated carbocycles. The summed E-state index contributed by atoms with van der Waals surface area (Å²) in [6.07, 6.45) is 1.95. The molecule has 15 rings (SSSR count). The molecule has 6 fully saturated rings. The summed E-state index contributed by atoms with van der Waals surface area (Å²) in [5, 5.41) is 18.8. The van der Waals surface area contributed by atoms with E-state index in [0.717, 1.165) is 63.8 Å². The van der Waals surface area contributed by atoms with Crippen LogP contribution in [0.15, 0.2) is 119 Å². The van der Waals surface area contributed by atoms with Crippen LogP contribution in [0.25, 0.3) is 33.1 Å². The SMILES string of the molecule is COC1(c2cc3c(N[C@H](C)c4cccc(C(F)F)c4F)ncnc3n(C)c2=O)CCS(=O)(=NC2CC2)CC1.COC1(c2cc3c(N[C@H](C)c4cccc(C(F)F)c4F)ncnc3n(C)c2=O)CCS(=O)(=NC2CC2)CC1.C[C@@H](Nc1ncnc2c1cc(C1(F)CCS(=O)(=NC3CC3)CC1)c(=O)n2C)c1cccc(C(F)F)c1F.C[O-].[Na+]. The monoisotopic (exact) mass is 1690 g/mol. The number of rotatable bonds is 20. The Morgan fingerprint density at radius 3 is 0.948 bits per heavy atom. The number of nitrogens with zero attached hydrogens (tertiary/aromatic N) is 12. The molecule has 3 saturated heterocycles. The Bertz CT molecular complexity index is 5520. The Morgan fingerprint density at radius 1 is 0.440 bits per heavy atom. The summed E-state index contributed by atoms with van der Waals surface area (Å²) in [5.74, 6) is -0.634. The van der Waals surface area contributed by atoms with Gasteiger partial charge in [0.1, 0.15) is 76.5 Å². The second-order valence-electron chi connectivity index (χ2n) is 29.8. The van der Waals surface area contributed by atoms with Crippen molar-refractivity contribution in [3.05, 3.63) is 190 Å². The molecule has 9 aromatic rings. The minimum atomic E-state index is -2.97. The second kappa shape index (κ2) is 35.9. The molecular formula is C78H90F10N15NaO9S3. The van der Waals surface area contributed by atoms with Crippen LogP contribution in [-0.2, 0) is 76.7 Å². The van der Waals surface area contributed by atoms with Crippen molar-refractivity contribution in [2.24, 2.45) is 34.2 Å². The summed E-state index contributed by atoms with van der Waals surface area (Å²) in [4.78, 5) is 65.7. The van der Waals surface area contributed by atoms with Crippen LogP contribution in [0.5, 0.6) is 0 Å². The van der Waals surface area contributed by atoms with Gasteiger partial charge in [0.15, 0.2) is 0 Å². The molecule has 0 amide bonds. The number of ether oxygens (including phenoxy) is 2. The number of hydrogen-bond acceptors (Lipinski definition) is 21. The minimum absolute atomic E-state index is 0. The predicted molar refractivity (Wildman–Crippen MR) is 418 cm³/mol. The fraction of sp³-hybridized carbons (Fsp3) is 0.500. The fourth-order valence-corrected chi connectivity index (χ4v) is 22.3. The van der Waals surface area contributed by atoms with Crippen molar-refractivity contribution in [3.8, 4) is 0 Å². The molecule has 6 aromatic heterocycles. The standard InChI is InChI=1S/2C26H30F3N5O3S.C25H27F4N5O2S.CH3O.Na/c2*1-15(17-5-4-6-18(21(17)27)22(28)29)32-23-19-13-20(25(35)34(2)24(19)31-14-30-23)26(37-3)9-11-38(36,12-10-26)33-16-7-8-16;1-14(16-4-3-5-17(20(16)26)21(27)28)32-22-18-12-19(24(35)34(2)23(18)31-13-30-22)25(29)8-10-37(36,11-9-25)33-15-6-7-15;1-2;/h2*4-6,13-16,22H,7-12H2,1-3H3,(H,30,31,32);3-5,12-15,21H,6-11H2,1-2H3,(H,30,31,32);1H3;/q;;;-1;+1/t2*15-,26?,38?;14-,25?,37?;;/m111../s1. The maximum Gasteiger partial charge on any atom is 1.00 e. The first-order chi connectivity index (χ1) is 54.7. The van der Waals surface area contributed by atoms with E-state index in [1.54, 1.807) is 47.0 Å². The van der Waals surface area contributed by atoms with Crippen LogP contribution in [0.2, 0.25) is 0 Å². The summed E-state index contributed by atoms with van der Waals surface area (Å²) in [6.45, 7) is 4.87. The number of hydrogen-bond donors (Lipinski definition) is 3. The Balaban J connectivity index is 0.000000168. The number of benzene rings is 3. The van der Waals surface area contributed by atoms with E-state index in [-0.39, 0.29) is 117 Å².